The molecule has 28 heavy (non-hydrogen) atoms. The summed E-state index contributed by atoms with van der Waals surface area (Å²) in [4.78, 5) is 13.7. The summed E-state index contributed by atoms with van der Waals surface area (Å²) in [6.07, 6.45) is 0.891. The zero-order chi connectivity index (χ0) is 20.1. The third kappa shape index (κ3) is 5.10. The van der Waals surface area contributed by atoms with E-state index in [2.05, 4.69) is 17.4 Å². The van der Waals surface area contributed by atoms with Crippen molar-refractivity contribution in [2.24, 2.45) is 0 Å². The van der Waals surface area contributed by atoms with Crippen molar-refractivity contribution in [3.8, 4) is 11.5 Å². The van der Waals surface area contributed by atoms with Crippen molar-refractivity contribution in [2.75, 3.05) is 31.6 Å². The van der Waals surface area contributed by atoms with Crippen molar-refractivity contribution in [3.05, 3.63) is 51.5 Å². The van der Waals surface area contributed by atoms with Crippen LogP contribution in [0.4, 0.5) is 5.69 Å². The lowest BCUT2D eigenvalue weighted by Gasteiger charge is -2.26. The Morgan fingerprint density at radius 1 is 1.07 bits per heavy atom. The Kier molecular flexibility index (Phi) is 7.05. The normalized spacial score (nSPS) is 15.6. The summed E-state index contributed by atoms with van der Waals surface area (Å²) in [5.41, 5.74) is 2.99. The van der Waals surface area contributed by atoms with E-state index in [-0.39, 0.29) is 5.91 Å². The number of nitrogens with one attached hydrogen (secondary N) is 2. The van der Waals surface area contributed by atoms with Crippen LogP contribution in [0.25, 0.3) is 0 Å². The number of amides is 1. The molecule has 0 radical (unpaired) electrons. The van der Waals surface area contributed by atoms with Gasteiger partial charge in [0.1, 0.15) is 6.54 Å². The van der Waals surface area contributed by atoms with E-state index in [1.54, 1.807) is 18.2 Å². The second-order valence-corrected chi connectivity index (χ2v) is 7.55. The summed E-state index contributed by atoms with van der Waals surface area (Å²) in [5.74, 6) is 1.47. The molecule has 1 amide bonds. The molecule has 2 aromatic carbocycles. The average Bonchev–Trinajstić information content (AvgIpc) is 2.65. The molecule has 0 bridgehead atoms. The number of halogens is 2. The van der Waals surface area contributed by atoms with Gasteiger partial charge in [-0.1, -0.05) is 23.2 Å². The summed E-state index contributed by atoms with van der Waals surface area (Å²) in [7, 11) is 0. The maximum absolute atomic E-state index is 12.5. The van der Waals surface area contributed by atoms with Gasteiger partial charge in [0.05, 0.1) is 30.5 Å². The van der Waals surface area contributed by atoms with Gasteiger partial charge in [0.25, 0.3) is 5.91 Å². The lowest BCUT2D eigenvalue weighted by Crippen LogP contribution is -3.12. The van der Waals surface area contributed by atoms with Gasteiger partial charge in [-0.3, -0.25) is 4.79 Å². The number of quaternary nitrogens is 1. The largest absolute Gasteiger partial charge is 0.490 e. The highest BCUT2D eigenvalue weighted by molar-refractivity contribution is 6.35. The Morgan fingerprint density at radius 3 is 2.43 bits per heavy atom. The number of hydrogen-bond donors (Lipinski definition) is 2. The minimum atomic E-state index is -0.0846. The Morgan fingerprint density at radius 2 is 1.75 bits per heavy atom. The van der Waals surface area contributed by atoms with Crippen molar-refractivity contribution in [2.45, 2.75) is 26.8 Å². The monoisotopic (exact) mass is 423 g/mol. The van der Waals surface area contributed by atoms with Gasteiger partial charge in [0.15, 0.2) is 18.0 Å². The first kappa shape index (κ1) is 20.8. The molecule has 0 aromatic heterocycles. The molecule has 1 aliphatic rings. The van der Waals surface area contributed by atoms with Gasteiger partial charge in [0.2, 0.25) is 0 Å². The Hall–Kier alpha value is -1.95. The van der Waals surface area contributed by atoms with Crippen LogP contribution >= 0.6 is 23.2 Å². The minimum Gasteiger partial charge on any atom is -0.490 e. The molecule has 1 aliphatic heterocycles. The van der Waals surface area contributed by atoms with E-state index in [1.807, 2.05) is 13.8 Å². The van der Waals surface area contributed by atoms with Gasteiger partial charge < -0.3 is 19.7 Å². The topological polar surface area (TPSA) is 52.0 Å². The summed E-state index contributed by atoms with van der Waals surface area (Å²) >= 11 is 12.1. The van der Waals surface area contributed by atoms with Crippen molar-refractivity contribution in [3.63, 3.8) is 0 Å². The number of anilines is 1. The van der Waals surface area contributed by atoms with E-state index in [1.165, 1.54) is 16.0 Å². The molecule has 0 saturated carbocycles. The fourth-order valence-corrected chi connectivity index (χ4v) is 3.75. The lowest BCUT2D eigenvalue weighted by molar-refractivity contribution is -0.907. The molecule has 7 heteroatoms. The van der Waals surface area contributed by atoms with Crippen molar-refractivity contribution < 1.29 is 19.2 Å². The van der Waals surface area contributed by atoms with E-state index < -0.39 is 0 Å². The minimum absolute atomic E-state index is 0.0846. The molecule has 1 heterocycles. The van der Waals surface area contributed by atoms with Crippen LogP contribution in [-0.2, 0) is 17.8 Å². The average molecular weight is 424 g/mol. The van der Waals surface area contributed by atoms with Gasteiger partial charge in [-0.25, -0.2) is 0 Å². The fourth-order valence-electron chi connectivity index (χ4n) is 3.41. The fraction of sp³-hybridized carbons (Fsp3) is 0.381. The molecule has 0 fully saturated rings. The smallest absolute Gasteiger partial charge is 0.279 e. The highest BCUT2D eigenvalue weighted by atomic mass is 35.5. The second kappa shape index (κ2) is 9.50. The molecule has 2 N–H and O–H groups in total. The van der Waals surface area contributed by atoms with Gasteiger partial charge in [-0.15, -0.1) is 0 Å². The van der Waals surface area contributed by atoms with Gasteiger partial charge in [-0.2, -0.15) is 0 Å². The molecule has 1 atom stereocenters. The Bertz CT molecular complexity index is 858. The lowest BCUT2D eigenvalue weighted by atomic mass is 9.98. The third-order valence-electron chi connectivity index (χ3n) is 4.67. The number of carbonyl (C=O) groups is 1. The maximum atomic E-state index is 12.5. The number of fused-ring (bicyclic) bond motifs is 1. The van der Waals surface area contributed by atoms with Crippen LogP contribution < -0.4 is 19.7 Å². The molecule has 0 spiro atoms. The predicted molar refractivity (Wildman–Crippen MR) is 112 cm³/mol. The van der Waals surface area contributed by atoms with Crippen LogP contribution in [0, 0.1) is 0 Å². The number of hydrogen-bond acceptors (Lipinski definition) is 3. The van der Waals surface area contributed by atoms with Crippen molar-refractivity contribution in [1.82, 2.24) is 0 Å². The quantitative estimate of drug-likeness (QED) is 0.717. The van der Waals surface area contributed by atoms with Crippen LogP contribution in [0.5, 0.6) is 11.5 Å². The zero-order valence-corrected chi connectivity index (χ0v) is 17.6. The zero-order valence-electron chi connectivity index (χ0n) is 16.1. The molecular formula is C21H25Cl2N2O3+. The number of benzene rings is 2. The van der Waals surface area contributed by atoms with E-state index in [0.717, 1.165) is 31.0 Å². The summed E-state index contributed by atoms with van der Waals surface area (Å²) in [6.45, 7) is 7.10. The molecule has 1 unspecified atom stereocenters. The first-order valence-corrected chi connectivity index (χ1v) is 10.3. The number of carbonyl (C=O) groups excluding carboxylic acids is 1. The van der Waals surface area contributed by atoms with Crippen LogP contribution in [0.3, 0.4) is 0 Å². The first-order valence-electron chi connectivity index (χ1n) is 9.50. The molecule has 5 nitrogen and oxygen atoms in total. The first-order chi connectivity index (χ1) is 13.5. The van der Waals surface area contributed by atoms with Crippen LogP contribution in [-0.4, -0.2) is 32.2 Å². The molecule has 0 saturated heterocycles. The maximum Gasteiger partial charge on any atom is 0.279 e. The van der Waals surface area contributed by atoms with Crippen LogP contribution in [0.1, 0.15) is 25.0 Å². The van der Waals surface area contributed by atoms with E-state index in [4.69, 9.17) is 32.7 Å². The van der Waals surface area contributed by atoms with Crippen LogP contribution in [0.15, 0.2) is 30.3 Å². The number of rotatable bonds is 7. The second-order valence-electron chi connectivity index (χ2n) is 6.71. The summed E-state index contributed by atoms with van der Waals surface area (Å²) < 4.78 is 11.4. The van der Waals surface area contributed by atoms with E-state index in [9.17, 15) is 4.79 Å². The summed E-state index contributed by atoms with van der Waals surface area (Å²) in [6, 6.07) is 9.15. The molecular weight excluding hydrogens is 399 g/mol. The van der Waals surface area contributed by atoms with Crippen molar-refractivity contribution in [1.29, 1.82) is 0 Å². The molecule has 2 aromatic rings. The van der Waals surface area contributed by atoms with E-state index in [0.29, 0.717) is 35.5 Å². The van der Waals surface area contributed by atoms with Gasteiger partial charge in [-0.05, 0) is 49.7 Å². The highest BCUT2D eigenvalue weighted by Crippen LogP contribution is 2.32. The Labute approximate surface area is 175 Å². The Balaban J connectivity index is 1.68. The highest BCUT2D eigenvalue weighted by Gasteiger charge is 2.24. The predicted octanol–water partition coefficient (Wildman–Crippen LogP) is 3.37. The van der Waals surface area contributed by atoms with Gasteiger partial charge in [0, 0.05) is 17.0 Å². The van der Waals surface area contributed by atoms with Gasteiger partial charge >= 0.3 is 0 Å². The molecule has 3 rings (SSSR count). The molecule has 0 aliphatic carbocycles. The van der Waals surface area contributed by atoms with E-state index >= 15 is 0 Å². The van der Waals surface area contributed by atoms with Crippen molar-refractivity contribution >= 4 is 34.8 Å². The standard InChI is InChI=1S/C21H24Cl2N2O3/c1-3-27-19-9-14-7-8-25(12-15(14)10-20(19)28-4-2)13-21(26)24-18-11-16(22)5-6-17(18)23/h5-6,9-11H,3-4,7-8,12-13H2,1-2H3,(H,24,26)/p+1. The number of ether oxygens (including phenoxy) is 2. The third-order valence-corrected chi connectivity index (χ3v) is 5.23. The van der Waals surface area contributed by atoms with Crippen LogP contribution in [0.2, 0.25) is 10.0 Å². The summed E-state index contributed by atoms with van der Waals surface area (Å²) in [5, 5.41) is 3.87. The molecule has 150 valence electrons. The SMILES string of the molecule is CCOc1cc2c(cc1OCC)C[NH+](CC(=O)Nc1cc(Cl)ccc1Cl)CC2.